The fourth-order valence-electron chi connectivity index (χ4n) is 3.30. The van der Waals surface area contributed by atoms with Crippen LogP contribution in [0, 0.1) is 0 Å². The minimum absolute atomic E-state index is 0.0745. The number of fused-ring (bicyclic) bond motifs is 1. The topological polar surface area (TPSA) is 153 Å². The summed E-state index contributed by atoms with van der Waals surface area (Å²) in [6.07, 6.45) is 2.19. The van der Waals surface area contributed by atoms with Crippen LogP contribution in [0.3, 0.4) is 0 Å². The van der Waals surface area contributed by atoms with E-state index < -0.39 is 47.8 Å². The molecule has 0 bridgehead atoms. The predicted molar refractivity (Wildman–Crippen MR) is 113 cm³/mol. The number of amides is 3. The van der Waals surface area contributed by atoms with E-state index in [0.29, 0.717) is 17.6 Å². The van der Waals surface area contributed by atoms with Gasteiger partial charge in [0, 0.05) is 31.4 Å². The third kappa shape index (κ3) is 5.42. The first-order valence-electron chi connectivity index (χ1n) is 9.84. The van der Waals surface area contributed by atoms with Gasteiger partial charge in [0.15, 0.2) is 13.0 Å². The molecule has 0 aromatic carbocycles. The van der Waals surface area contributed by atoms with Gasteiger partial charge < -0.3 is 24.7 Å². The van der Waals surface area contributed by atoms with Crippen molar-refractivity contribution in [2.75, 3.05) is 19.1 Å². The Balaban J connectivity index is 1.72. The maximum Gasteiger partial charge on any atom is 0.356 e. The molecule has 3 rings (SSSR count). The second kappa shape index (κ2) is 10.3. The molecule has 12 nitrogen and oxygen atoms in total. The first kappa shape index (κ1) is 24.0. The van der Waals surface area contributed by atoms with E-state index in [1.54, 1.807) is 18.3 Å². The Morgan fingerprint density at radius 2 is 2.00 bits per heavy atom. The first-order chi connectivity index (χ1) is 15.7. The number of thioether (sulfide) groups is 1. The molecule has 3 heterocycles. The van der Waals surface area contributed by atoms with E-state index in [0.717, 1.165) is 0 Å². The highest BCUT2D eigenvalue weighted by Crippen LogP contribution is 2.40. The number of nitrogens with one attached hydrogen (secondary N) is 2. The van der Waals surface area contributed by atoms with E-state index >= 15 is 0 Å². The Morgan fingerprint density at radius 3 is 2.67 bits per heavy atom. The van der Waals surface area contributed by atoms with Crippen LogP contribution in [0.4, 0.5) is 0 Å². The summed E-state index contributed by atoms with van der Waals surface area (Å²) in [5.41, 5.74) is 0.621. The second-order valence-corrected chi connectivity index (χ2v) is 8.28. The molecule has 0 saturated carbocycles. The SMILES string of the molecule is CC(=O)NCOC(=O)C1=C(COC(C)=O)CSC2C(NC(=O)Cn3cccc3C=O)C(=O)N12. The summed E-state index contributed by atoms with van der Waals surface area (Å²) < 4.78 is 11.5. The van der Waals surface area contributed by atoms with Crippen LogP contribution in [0.1, 0.15) is 24.3 Å². The lowest BCUT2D eigenvalue weighted by atomic mass is 10.0. The van der Waals surface area contributed by atoms with Crippen molar-refractivity contribution in [2.24, 2.45) is 0 Å². The Labute approximate surface area is 192 Å². The zero-order valence-electron chi connectivity index (χ0n) is 17.9. The first-order valence-corrected chi connectivity index (χ1v) is 10.9. The number of ether oxygens (including phenoxy) is 2. The molecule has 0 spiro atoms. The highest BCUT2D eigenvalue weighted by molar-refractivity contribution is 8.00. The van der Waals surface area contributed by atoms with Gasteiger partial charge in [0.05, 0.1) is 5.69 Å². The van der Waals surface area contributed by atoms with Crippen LogP contribution in [0.25, 0.3) is 0 Å². The van der Waals surface area contributed by atoms with Crippen molar-refractivity contribution in [2.45, 2.75) is 31.8 Å². The van der Waals surface area contributed by atoms with Crippen LogP contribution in [0.15, 0.2) is 29.6 Å². The summed E-state index contributed by atoms with van der Waals surface area (Å²) in [5, 5.41) is 4.38. The van der Waals surface area contributed by atoms with Crippen molar-refractivity contribution in [3.63, 3.8) is 0 Å². The number of aldehydes is 1. The Morgan fingerprint density at radius 1 is 1.24 bits per heavy atom. The third-order valence-electron chi connectivity index (χ3n) is 4.83. The Kier molecular flexibility index (Phi) is 7.53. The molecule has 1 aromatic rings. The van der Waals surface area contributed by atoms with Gasteiger partial charge in [-0.2, -0.15) is 0 Å². The zero-order valence-corrected chi connectivity index (χ0v) is 18.7. The Hall–Kier alpha value is -3.61. The normalized spacial score (nSPS) is 19.2. The number of esters is 2. The standard InChI is InChI=1S/C20H22N4O8S/c1-11(26)21-10-32-20(30)17-13(8-31-12(2)27)9-33-19-16(18(29)24(17)19)22-15(28)6-23-5-3-4-14(23)7-25/h3-5,7,16,19H,6,8-10H2,1-2H3,(H,21,26)(H,22,28). The molecule has 1 saturated heterocycles. The van der Waals surface area contributed by atoms with Crippen molar-refractivity contribution in [1.82, 2.24) is 20.1 Å². The molecule has 1 aromatic heterocycles. The molecule has 13 heteroatoms. The van der Waals surface area contributed by atoms with Crippen LogP contribution < -0.4 is 10.6 Å². The van der Waals surface area contributed by atoms with Crippen molar-refractivity contribution in [3.8, 4) is 0 Å². The number of hydrogen-bond donors (Lipinski definition) is 2. The molecule has 2 aliphatic heterocycles. The number of carbonyl (C=O) groups is 6. The van der Waals surface area contributed by atoms with E-state index in [-0.39, 0.29) is 24.6 Å². The second-order valence-electron chi connectivity index (χ2n) is 7.18. The van der Waals surface area contributed by atoms with E-state index in [4.69, 9.17) is 9.47 Å². The van der Waals surface area contributed by atoms with Gasteiger partial charge in [0.25, 0.3) is 5.91 Å². The van der Waals surface area contributed by atoms with Gasteiger partial charge in [-0.3, -0.25) is 28.9 Å². The van der Waals surface area contributed by atoms with E-state index in [9.17, 15) is 28.8 Å². The smallest absolute Gasteiger partial charge is 0.356 e. The van der Waals surface area contributed by atoms with Crippen molar-refractivity contribution in [1.29, 1.82) is 0 Å². The predicted octanol–water partition coefficient (Wildman–Crippen LogP) is -0.845. The van der Waals surface area contributed by atoms with Crippen LogP contribution in [0.5, 0.6) is 0 Å². The molecule has 2 unspecified atom stereocenters. The lowest BCUT2D eigenvalue weighted by molar-refractivity contribution is -0.154. The zero-order chi connectivity index (χ0) is 24.1. The summed E-state index contributed by atoms with van der Waals surface area (Å²) in [6, 6.07) is 2.30. The van der Waals surface area contributed by atoms with Crippen LogP contribution >= 0.6 is 11.8 Å². The van der Waals surface area contributed by atoms with Crippen molar-refractivity contribution in [3.05, 3.63) is 35.3 Å². The van der Waals surface area contributed by atoms with Gasteiger partial charge in [-0.1, -0.05) is 0 Å². The van der Waals surface area contributed by atoms with Gasteiger partial charge in [-0.15, -0.1) is 11.8 Å². The maximum atomic E-state index is 12.9. The minimum atomic E-state index is -0.883. The summed E-state index contributed by atoms with van der Waals surface area (Å²) in [6.45, 7) is 1.72. The molecular weight excluding hydrogens is 456 g/mol. The average molecular weight is 478 g/mol. The highest BCUT2D eigenvalue weighted by atomic mass is 32.2. The molecule has 2 atom stereocenters. The molecule has 3 amide bonds. The number of aromatic nitrogens is 1. The maximum absolute atomic E-state index is 12.9. The number of carbonyl (C=O) groups excluding carboxylic acids is 6. The lowest BCUT2D eigenvalue weighted by Crippen LogP contribution is -2.71. The molecular formula is C20H22N4O8S. The fourth-order valence-corrected chi connectivity index (χ4v) is 4.62. The summed E-state index contributed by atoms with van der Waals surface area (Å²) in [7, 11) is 0. The van der Waals surface area contributed by atoms with Crippen LogP contribution in [-0.4, -0.2) is 75.9 Å². The van der Waals surface area contributed by atoms with Crippen LogP contribution in [0.2, 0.25) is 0 Å². The molecule has 176 valence electrons. The van der Waals surface area contributed by atoms with E-state index in [2.05, 4.69) is 10.6 Å². The van der Waals surface area contributed by atoms with Gasteiger partial charge >= 0.3 is 11.9 Å². The molecule has 1 fully saturated rings. The van der Waals surface area contributed by atoms with Gasteiger partial charge in [0.2, 0.25) is 11.8 Å². The summed E-state index contributed by atoms with van der Waals surface area (Å²) in [4.78, 5) is 72.4. The fraction of sp³-hybridized carbons (Fsp3) is 0.400. The van der Waals surface area contributed by atoms with E-state index in [1.807, 2.05) is 0 Å². The van der Waals surface area contributed by atoms with Crippen LogP contribution in [-0.2, 0) is 40.0 Å². The number of nitrogens with zero attached hydrogens (tertiary/aromatic N) is 2. The quantitative estimate of drug-likeness (QED) is 0.200. The number of hydrogen-bond acceptors (Lipinski definition) is 9. The Bertz CT molecular complexity index is 1030. The van der Waals surface area contributed by atoms with Gasteiger partial charge in [-0.05, 0) is 12.1 Å². The molecule has 2 aliphatic rings. The minimum Gasteiger partial charge on any atom is -0.461 e. The summed E-state index contributed by atoms with van der Waals surface area (Å²) in [5.74, 6) is -2.58. The van der Waals surface area contributed by atoms with Crippen molar-refractivity contribution >= 4 is 47.7 Å². The largest absolute Gasteiger partial charge is 0.461 e. The molecule has 33 heavy (non-hydrogen) atoms. The van der Waals surface area contributed by atoms with E-state index in [1.165, 1.54) is 35.1 Å². The highest BCUT2D eigenvalue weighted by Gasteiger charge is 2.54. The van der Waals surface area contributed by atoms with Crippen molar-refractivity contribution < 1.29 is 38.2 Å². The summed E-state index contributed by atoms with van der Waals surface area (Å²) >= 11 is 1.29. The molecule has 0 aliphatic carbocycles. The third-order valence-corrected chi connectivity index (χ3v) is 6.17. The van der Waals surface area contributed by atoms with Gasteiger partial charge in [-0.25, -0.2) is 4.79 Å². The average Bonchev–Trinajstić information content (AvgIpc) is 3.21. The number of β-lactam (4-membered cyclic amide) rings is 1. The van der Waals surface area contributed by atoms with Gasteiger partial charge in [0.1, 0.15) is 30.3 Å². The molecule has 2 N–H and O–H groups in total. The monoisotopic (exact) mass is 478 g/mol. The molecule has 0 radical (unpaired) electrons. The number of rotatable bonds is 9. The lowest BCUT2D eigenvalue weighted by Gasteiger charge is -2.49.